The highest BCUT2D eigenvalue weighted by molar-refractivity contribution is 5.67. The van der Waals surface area contributed by atoms with Crippen molar-refractivity contribution in [2.24, 2.45) is 11.8 Å². The number of nitrogens with one attached hydrogen (secondary N) is 2. The van der Waals surface area contributed by atoms with E-state index in [1.54, 1.807) is 6.07 Å². The molecule has 1 saturated heterocycles. The number of rotatable bonds is 4. The summed E-state index contributed by atoms with van der Waals surface area (Å²) in [5.41, 5.74) is 6.88. The van der Waals surface area contributed by atoms with Crippen LogP contribution in [0.2, 0.25) is 0 Å². The number of anilines is 2. The van der Waals surface area contributed by atoms with Gasteiger partial charge in [0.25, 0.3) is 0 Å². The number of piperidine rings is 1. The first-order chi connectivity index (χ1) is 9.10. The SMILES string of the molecule is C=C(Nc1ccc(F)cc1N)N1C[C@@H]2[C@H](C1)[C@H]2NC. The van der Waals surface area contributed by atoms with E-state index < -0.39 is 0 Å². The summed E-state index contributed by atoms with van der Waals surface area (Å²) in [4.78, 5) is 2.23. The molecule has 4 nitrogen and oxygen atoms in total. The maximum absolute atomic E-state index is 13.0. The highest BCUT2D eigenvalue weighted by Gasteiger charge is 2.55. The van der Waals surface area contributed by atoms with Gasteiger partial charge in [-0.3, -0.25) is 0 Å². The summed E-state index contributed by atoms with van der Waals surface area (Å²) in [6.07, 6.45) is 0. The van der Waals surface area contributed by atoms with Crippen LogP contribution in [-0.2, 0) is 0 Å². The standard InChI is InChI=1S/C14H19FN4/c1-8(18-13-4-3-9(15)5-12(13)16)19-6-10-11(7-19)14(10)17-2/h3-5,10-11,14,17-18H,1,6-7,16H2,2H3/t10-,11+,14+. The predicted octanol–water partition coefficient (Wildman–Crippen LogP) is 1.44. The molecule has 1 aliphatic heterocycles. The van der Waals surface area contributed by atoms with Crippen LogP contribution in [0.4, 0.5) is 15.8 Å². The molecule has 1 saturated carbocycles. The third-order valence-electron chi connectivity index (χ3n) is 4.20. The summed E-state index contributed by atoms with van der Waals surface area (Å²) >= 11 is 0. The zero-order valence-electron chi connectivity index (χ0n) is 11.0. The smallest absolute Gasteiger partial charge is 0.125 e. The number of hydrogen-bond acceptors (Lipinski definition) is 4. The van der Waals surface area contributed by atoms with Gasteiger partial charge in [-0.05, 0) is 37.1 Å². The Morgan fingerprint density at radius 3 is 2.68 bits per heavy atom. The van der Waals surface area contributed by atoms with Crippen molar-refractivity contribution in [3.8, 4) is 0 Å². The van der Waals surface area contributed by atoms with Gasteiger partial charge in [0.15, 0.2) is 0 Å². The Balaban J connectivity index is 1.61. The fourth-order valence-corrected chi connectivity index (χ4v) is 3.06. The molecule has 0 radical (unpaired) electrons. The van der Waals surface area contributed by atoms with E-state index in [9.17, 15) is 4.39 Å². The molecule has 0 bridgehead atoms. The van der Waals surface area contributed by atoms with E-state index in [0.29, 0.717) is 17.4 Å². The Hall–Kier alpha value is -1.75. The second kappa shape index (κ2) is 4.42. The lowest BCUT2D eigenvalue weighted by molar-refractivity contribution is 0.367. The number of fused-ring (bicyclic) bond motifs is 1. The Bertz CT molecular complexity index is 504. The average Bonchev–Trinajstić information content (AvgIpc) is 2.84. The minimum Gasteiger partial charge on any atom is -0.397 e. The molecule has 1 heterocycles. The summed E-state index contributed by atoms with van der Waals surface area (Å²) in [6, 6.07) is 5.02. The Kier molecular flexibility index (Phi) is 2.86. The van der Waals surface area contributed by atoms with Gasteiger partial charge in [-0.15, -0.1) is 0 Å². The van der Waals surface area contributed by atoms with E-state index in [4.69, 9.17) is 5.73 Å². The first-order valence-corrected chi connectivity index (χ1v) is 6.53. The lowest BCUT2D eigenvalue weighted by Crippen LogP contribution is -2.31. The minimum absolute atomic E-state index is 0.326. The van der Waals surface area contributed by atoms with Crippen LogP contribution in [0.25, 0.3) is 0 Å². The molecular formula is C14H19FN4. The van der Waals surface area contributed by atoms with Crippen molar-refractivity contribution in [3.63, 3.8) is 0 Å². The zero-order chi connectivity index (χ0) is 13.6. The van der Waals surface area contributed by atoms with Crippen LogP contribution in [0.3, 0.4) is 0 Å². The van der Waals surface area contributed by atoms with Crippen LogP contribution in [-0.4, -0.2) is 31.1 Å². The van der Waals surface area contributed by atoms with Gasteiger partial charge < -0.3 is 21.3 Å². The monoisotopic (exact) mass is 262 g/mol. The minimum atomic E-state index is -0.326. The highest BCUT2D eigenvalue weighted by atomic mass is 19.1. The number of nitrogen functional groups attached to an aromatic ring is 1. The summed E-state index contributed by atoms with van der Waals surface area (Å²) in [5.74, 6) is 1.97. The molecule has 2 aliphatic rings. The molecule has 1 aromatic carbocycles. The summed E-state index contributed by atoms with van der Waals surface area (Å²) < 4.78 is 13.0. The van der Waals surface area contributed by atoms with Crippen LogP contribution in [0.5, 0.6) is 0 Å². The fraction of sp³-hybridized carbons (Fsp3) is 0.429. The molecular weight excluding hydrogens is 243 g/mol. The molecule has 3 atom stereocenters. The molecule has 102 valence electrons. The molecule has 1 aliphatic carbocycles. The van der Waals surface area contributed by atoms with Gasteiger partial charge in [0.2, 0.25) is 0 Å². The Morgan fingerprint density at radius 2 is 2.11 bits per heavy atom. The van der Waals surface area contributed by atoms with E-state index in [0.717, 1.165) is 30.7 Å². The second-order valence-electron chi connectivity index (χ2n) is 5.35. The third-order valence-corrected chi connectivity index (χ3v) is 4.20. The Labute approximate surface area is 112 Å². The number of hydrogen-bond donors (Lipinski definition) is 3. The predicted molar refractivity (Wildman–Crippen MR) is 75.0 cm³/mol. The molecule has 1 aromatic rings. The molecule has 0 aromatic heterocycles. The van der Waals surface area contributed by atoms with Gasteiger partial charge >= 0.3 is 0 Å². The molecule has 3 rings (SSSR count). The molecule has 4 N–H and O–H groups in total. The quantitative estimate of drug-likeness (QED) is 0.719. The summed E-state index contributed by atoms with van der Waals surface area (Å²) in [7, 11) is 2.01. The number of nitrogens with zero attached hydrogens (tertiary/aromatic N) is 1. The molecule has 0 spiro atoms. The third kappa shape index (κ3) is 2.14. The summed E-state index contributed by atoms with van der Waals surface area (Å²) in [6.45, 7) is 6.08. The lowest BCUT2D eigenvalue weighted by atomic mass is 10.2. The molecule has 19 heavy (non-hydrogen) atoms. The Morgan fingerprint density at radius 1 is 1.42 bits per heavy atom. The van der Waals surface area contributed by atoms with E-state index in [1.807, 2.05) is 7.05 Å². The molecule has 0 unspecified atom stereocenters. The maximum atomic E-state index is 13.0. The molecule has 5 heteroatoms. The van der Waals surface area contributed by atoms with Crippen molar-refractivity contribution in [2.75, 3.05) is 31.2 Å². The first kappa shape index (κ1) is 12.3. The van der Waals surface area contributed by atoms with Gasteiger partial charge in [-0.2, -0.15) is 0 Å². The van der Waals surface area contributed by atoms with Crippen LogP contribution in [0, 0.1) is 17.7 Å². The number of benzene rings is 1. The van der Waals surface area contributed by atoms with Gasteiger partial charge in [0, 0.05) is 19.1 Å². The zero-order valence-corrected chi connectivity index (χ0v) is 11.0. The first-order valence-electron chi connectivity index (χ1n) is 6.53. The molecule has 0 amide bonds. The fourth-order valence-electron chi connectivity index (χ4n) is 3.06. The number of halogens is 1. The second-order valence-corrected chi connectivity index (χ2v) is 5.35. The number of nitrogens with two attached hydrogens (primary N) is 1. The van der Waals surface area contributed by atoms with Gasteiger partial charge in [-0.25, -0.2) is 4.39 Å². The topological polar surface area (TPSA) is 53.3 Å². The van der Waals surface area contributed by atoms with E-state index in [2.05, 4.69) is 22.1 Å². The van der Waals surface area contributed by atoms with Crippen molar-refractivity contribution in [1.29, 1.82) is 0 Å². The van der Waals surface area contributed by atoms with Crippen LogP contribution in [0.1, 0.15) is 0 Å². The van der Waals surface area contributed by atoms with Crippen molar-refractivity contribution < 1.29 is 4.39 Å². The molecule has 2 fully saturated rings. The van der Waals surface area contributed by atoms with Crippen molar-refractivity contribution in [3.05, 3.63) is 36.4 Å². The van der Waals surface area contributed by atoms with Crippen LogP contribution in [0.15, 0.2) is 30.6 Å². The van der Waals surface area contributed by atoms with Crippen molar-refractivity contribution >= 4 is 11.4 Å². The highest BCUT2D eigenvalue weighted by Crippen LogP contribution is 2.46. The van der Waals surface area contributed by atoms with E-state index in [-0.39, 0.29) is 5.82 Å². The lowest BCUT2D eigenvalue weighted by Gasteiger charge is -2.25. The van der Waals surface area contributed by atoms with Crippen LogP contribution >= 0.6 is 0 Å². The maximum Gasteiger partial charge on any atom is 0.125 e. The van der Waals surface area contributed by atoms with E-state index >= 15 is 0 Å². The van der Waals surface area contributed by atoms with Crippen LogP contribution < -0.4 is 16.4 Å². The van der Waals surface area contributed by atoms with Crippen molar-refractivity contribution in [2.45, 2.75) is 6.04 Å². The number of likely N-dealkylation sites (tertiary alicyclic amines) is 1. The van der Waals surface area contributed by atoms with Crippen molar-refractivity contribution in [1.82, 2.24) is 10.2 Å². The summed E-state index contributed by atoms with van der Waals surface area (Å²) in [5, 5.41) is 6.50. The van der Waals surface area contributed by atoms with E-state index in [1.165, 1.54) is 12.1 Å². The normalized spacial score (nSPS) is 28.1. The van der Waals surface area contributed by atoms with Gasteiger partial charge in [0.1, 0.15) is 5.82 Å². The average molecular weight is 262 g/mol. The largest absolute Gasteiger partial charge is 0.397 e. The van der Waals surface area contributed by atoms with Gasteiger partial charge in [0.05, 0.1) is 17.2 Å². The van der Waals surface area contributed by atoms with Gasteiger partial charge in [-0.1, -0.05) is 6.58 Å².